The van der Waals surface area contributed by atoms with E-state index in [-0.39, 0.29) is 29.5 Å². The molecule has 0 bridgehead atoms. The number of hydrogen-bond donors (Lipinski definition) is 1. The summed E-state index contributed by atoms with van der Waals surface area (Å²) in [7, 11) is -6.01. The van der Waals surface area contributed by atoms with Crippen molar-refractivity contribution in [1.29, 1.82) is 0 Å². The monoisotopic (exact) mass is 622 g/mol. The van der Waals surface area contributed by atoms with Crippen LogP contribution in [0.15, 0.2) is 30.6 Å². The molecule has 0 saturated carbocycles. The molecule has 0 amide bonds. The number of hydrogen-bond acceptors (Lipinski definition) is 8. The Morgan fingerprint density at radius 3 is 2.62 bits per heavy atom. The van der Waals surface area contributed by atoms with Gasteiger partial charge in [-0.1, -0.05) is 27.7 Å². The molecule has 2 aromatic heterocycles. The molecule has 1 N–H and O–H groups in total. The molecule has 13 heteroatoms. The Kier molecular flexibility index (Phi) is 10.5. The molecule has 1 aliphatic rings. The minimum absolute atomic E-state index is 0.0851. The minimum atomic E-state index is -3.99. The van der Waals surface area contributed by atoms with E-state index in [1.165, 1.54) is 0 Å². The minimum Gasteiger partial charge on any atom is -0.543 e. The van der Waals surface area contributed by atoms with Gasteiger partial charge in [0.15, 0.2) is 6.23 Å². The van der Waals surface area contributed by atoms with Crippen LogP contribution in [0.3, 0.4) is 0 Å². The van der Waals surface area contributed by atoms with Crippen molar-refractivity contribution in [1.82, 2.24) is 19.6 Å². The molecular formula is C29H46N4O7SSi. The van der Waals surface area contributed by atoms with Crippen molar-refractivity contribution in [2.45, 2.75) is 77.9 Å². The predicted octanol–water partition coefficient (Wildman–Crippen LogP) is 5.54. The standard InChI is InChI=1S/C29H46N4O7SSi/c1-22(21-41(34,35)36)20-38-16-15-37-14-12-32-19-23(18-30-32)28-25-17-24(40-42(5,6)29(2,3)4)10-11-26(25)33(31-28)27-9-7-8-13-39-27/h10-11,17-19,22,27H,7-9,12-16,20-21H2,1-6H3,(H,34,35,36)/t22-,27?/m1/s1. The summed E-state index contributed by atoms with van der Waals surface area (Å²) in [5.41, 5.74) is 2.77. The van der Waals surface area contributed by atoms with Crippen molar-refractivity contribution in [3.05, 3.63) is 30.6 Å². The van der Waals surface area contributed by atoms with Gasteiger partial charge in [-0.05, 0) is 61.5 Å². The Bertz CT molecular complexity index is 1430. The lowest BCUT2D eigenvalue weighted by Crippen LogP contribution is -2.43. The summed E-state index contributed by atoms with van der Waals surface area (Å²) in [6.45, 7) is 15.6. The average molecular weight is 623 g/mol. The molecule has 1 saturated heterocycles. The maximum absolute atomic E-state index is 10.9. The zero-order valence-corrected chi connectivity index (χ0v) is 27.5. The van der Waals surface area contributed by atoms with Gasteiger partial charge in [-0.15, -0.1) is 0 Å². The molecule has 1 unspecified atom stereocenters. The first-order chi connectivity index (χ1) is 19.7. The van der Waals surface area contributed by atoms with Crippen molar-refractivity contribution in [3.63, 3.8) is 0 Å². The summed E-state index contributed by atoms with van der Waals surface area (Å²) >= 11 is 0. The van der Waals surface area contributed by atoms with E-state index in [0.717, 1.165) is 53.8 Å². The number of benzene rings is 1. The van der Waals surface area contributed by atoms with Gasteiger partial charge in [0.1, 0.15) is 11.4 Å². The molecule has 3 heterocycles. The Labute approximate surface area is 250 Å². The maximum atomic E-state index is 10.9. The smallest absolute Gasteiger partial charge is 0.265 e. The fraction of sp³-hybridized carbons (Fsp3) is 0.655. The van der Waals surface area contributed by atoms with Crippen LogP contribution in [0.5, 0.6) is 5.75 Å². The number of nitrogens with zero attached hydrogens (tertiary/aromatic N) is 4. The lowest BCUT2D eigenvalue weighted by atomic mass is 10.1. The highest BCUT2D eigenvalue weighted by Gasteiger charge is 2.39. The summed E-state index contributed by atoms with van der Waals surface area (Å²) < 4.78 is 58.5. The molecule has 234 valence electrons. The van der Waals surface area contributed by atoms with Gasteiger partial charge >= 0.3 is 0 Å². The van der Waals surface area contributed by atoms with Crippen LogP contribution < -0.4 is 4.43 Å². The Morgan fingerprint density at radius 2 is 1.93 bits per heavy atom. The fourth-order valence-corrected chi connectivity index (χ4v) is 6.50. The molecule has 0 radical (unpaired) electrons. The van der Waals surface area contributed by atoms with E-state index in [9.17, 15) is 8.42 Å². The van der Waals surface area contributed by atoms with Crippen LogP contribution in [-0.2, 0) is 30.9 Å². The number of aromatic nitrogens is 4. The molecule has 1 aliphatic heterocycles. The van der Waals surface area contributed by atoms with Crippen LogP contribution in [0, 0.1) is 5.92 Å². The summed E-state index contributed by atoms with van der Waals surface area (Å²) in [6, 6.07) is 6.25. The predicted molar refractivity (Wildman–Crippen MR) is 165 cm³/mol. The fourth-order valence-electron chi connectivity index (χ4n) is 4.66. The molecule has 4 rings (SSSR count). The van der Waals surface area contributed by atoms with E-state index in [2.05, 4.69) is 51.1 Å². The van der Waals surface area contributed by atoms with E-state index in [1.54, 1.807) is 6.92 Å². The Morgan fingerprint density at radius 1 is 1.17 bits per heavy atom. The lowest BCUT2D eigenvalue weighted by Gasteiger charge is -2.36. The quantitative estimate of drug-likeness (QED) is 0.140. The topological polar surface area (TPSA) is 127 Å². The maximum Gasteiger partial charge on any atom is 0.265 e. The van der Waals surface area contributed by atoms with Crippen molar-refractivity contribution in [2.24, 2.45) is 5.92 Å². The van der Waals surface area contributed by atoms with E-state index in [0.29, 0.717) is 26.4 Å². The van der Waals surface area contributed by atoms with E-state index >= 15 is 0 Å². The van der Waals surface area contributed by atoms with Crippen LogP contribution in [0.25, 0.3) is 22.2 Å². The third-order valence-electron chi connectivity index (χ3n) is 7.93. The van der Waals surface area contributed by atoms with E-state index in [4.69, 9.17) is 28.3 Å². The molecule has 42 heavy (non-hydrogen) atoms. The summed E-state index contributed by atoms with van der Waals surface area (Å²) in [4.78, 5) is 0. The van der Waals surface area contributed by atoms with Crippen molar-refractivity contribution in [2.75, 3.05) is 38.8 Å². The zero-order chi connectivity index (χ0) is 30.5. The van der Waals surface area contributed by atoms with Gasteiger partial charge in [-0.3, -0.25) is 9.23 Å². The van der Waals surface area contributed by atoms with Gasteiger partial charge in [-0.25, -0.2) is 4.68 Å². The SMILES string of the molecule is C[C@H](COCCOCCn1cc(-c2nn(C3CCCCO3)c3ccc(O[Si](C)(C)C(C)(C)C)cc23)cn1)CS(=O)(=O)O. The van der Waals surface area contributed by atoms with Gasteiger partial charge < -0.3 is 18.6 Å². The van der Waals surface area contributed by atoms with Crippen molar-refractivity contribution in [3.8, 4) is 17.0 Å². The van der Waals surface area contributed by atoms with Gasteiger partial charge in [0.2, 0.25) is 8.32 Å². The molecule has 2 atom stereocenters. The molecule has 1 fully saturated rings. The number of ether oxygens (including phenoxy) is 3. The second-order valence-electron chi connectivity index (χ2n) is 12.7. The second-order valence-corrected chi connectivity index (χ2v) is 18.9. The highest BCUT2D eigenvalue weighted by atomic mass is 32.2. The number of fused-ring (bicyclic) bond motifs is 1. The molecule has 3 aromatic rings. The summed E-state index contributed by atoms with van der Waals surface area (Å²) in [5.74, 6) is 0.248. The van der Waals surface area contributed by atoms with Crippen LogP contribution in [-0.4, -0.2) is 79.6 Å². The van der Waals surface area contributed by atoms with Crippen LogP contribution in [0.4, 0.5) is 0 Å². The second kappa shape index (κ2) is 13.6. The molecule has 11 nitrogen and oxygen atoms in total. The van der Waals surface area contributed by atoms with Crippen LogP contribution in [0.1, 0.15) is 53.2 Å². The lowest BCUT2D eigenvalue weighted by molar-refractivity contribution is -0.0365. The van der Waals surface area contributed by atoms with Gasteiger partial charge in [0.25, 0.3) is 10.1 Å². The van der Waals surface area contributed by atoms with E-state index in [1.807, 2.05) is 27.8 Å². The third-order valence-corrected chi connectivity index (χ3v) is 13.3. The number of rotatable bonds is 14. The molecule has 1 aromatic carbocycles. The molecule has 0 spiro atoms. The van der Waals surface area contributed by atoms with Crippen LogP contribution in [0.2, 0.25) is 18.1 Å². The molecule has 0 aliphatic carbocycles. The first kappa shape index (κ1) is 32.6. The van der Waals surface area contributed by atoms with Crippen molar-refractivity contribution < 1.29 is 31.6 Å². The van der Waals surface area contributed by atoms with Gasteiger partial charge in [0.05, 0.1) is 50.4 Å². The summed E-state index contributed by atoms with van der Waals surface area (Å²) in [6.07, 6.45) is 6.82. The van der Waals surface area contributed by atoms with Gasteiger partial charge in [0, 0.05) is 23.8 Å². The Hall–Kier alpha value is -2.29. The van der Waals surface area contributed by atoms with Gasteiger partial charge in [-0.2, -0.15) is 18.6 Å². The van der Waals surface area contributed by atoms with Crippen LogP contribution >= 0.6 is 0 Å². The van der Waals surface area contributed by atoms with E-state index < -0.39 is 18.4 Å². The third kappa shape index (κ3) is 8.63. The molecular weight excluding hydrogens is 576 g/mol. The highest BCUT2D eigenvalue weighted by Crippen LogP contribution is 2.39. The highest BCUT2D eigenvalue weighted by molar-refractivity contribution is 7.85. The first-order valence-electron chi connectivity index (χ1n) is 14.7. The first-order valence-corrected chi connectivity index (χ1v) is 19.2. The largest absolute Gasteiger partial charge is 0.543 e. The Balaban J connectivity index is 1.43. The normalized spacial score (nSPS) is 17.5. The van der Waals surface area contributed by atoms with Crippen molar-refractivity contribution >= 4 is 29.3 Å². The average Bonchev–Trinajstić information content (AvgIpc) is 3.51. The zero-order valence-electron chi connectivity index (χ0n) is 25.7. The summed E-state index contributed by atoms with van der Waals surface area (Å²) in [5, 5.41) is 10.7.